The Bertz CT molecular complexity index is 5040. The molecule has 0 aliphatic heterocycles. The second-order valence-electron chi connectivity index (χ2n) is 28.9. The van der Waals surface area contributed by atoms with Gasteiger partial charge in [0, 0.05) is 88.1 Å². The minimum Gasteiger partial charge on any atom is -0.444 e. The number of nitrogen functional groups attached to an aromatic ring is 1. The maximum absolute atomic E-state index is 13.7. The van der Waals surface area contributed by atoms with Crippen LogP contribution in [0.5, 0.6) is 0 Å². The zero-order valence-electron chi connectivity index (χ0n) is 65.8. The Morgan fingerprint density at radius 3 is 1.20 bits per heavy atom. The van der Waals surface area contributed by atoms with Crippen LogP contribution in [0.2, 0.25) is 0 Å². The largest absolute Gasteiger partial charge is 0.444 e. The molecule has 0 bridgehead atoms. The van der Waals surface area contributed by atoms with E-state index in [1.54, 1.807) is 97.8 Å². The molecule has 27 nitrogen and oxygen atoms in total. The zero-order chi connectivity index (χ0) is 82.6. The first-order valence-corrected chi connectivity index (χ1v) is 42.3. The number of alkyl carbamates (subject to hydrolysis) is 3. The number of amides is 6. The van der Waals surface area contributed by atoms with Crippen molar-refractivity contribution in [1.82, 2.24) is 60.6 Å². The minimum absolute atomic E-state index is 0.0158. The van der Waals surface area contributed by atoms with Gasteiger partial charge in [-0.15, -0.1) is 45.3 Å². The number of fused-ring (bicyclic) bond motifs is 3. The van der Waals surface area contributed by atoms with Gasteiger partial charge in [-0.3, -0.25) is 29.3 Å². The Labute approximate surface area is 693 Å². The molecule has 12 rings (SSSR count). The highest BCUT2D eigenvalue weighted by Gasteiger charge is 2.32. The number of aliphatic hydroxyl groups is 3. The number of oxazole rings is 1. The lowest BCUT2D eigenvalue weighted by atomic mass is 10.00. The summed E-state index contributed by atoms with van der Waals surface area (Å²) in [5.74, 6) is -0.123. The highest BCUT2D eigenvalue weighted by atomic mass is 32.1. The molecule has 6 aromatic heterocycles. The lowest BCUT2D eigenvalue weighted by Gasteiger charge is -2.31. The van der Waals surface area contributed by atoms with Crippen molar-refractivity contribution < 1.29 is 62.7 Å². The standard InChI is InChI=1S/C30H37N5O5S.C27H31N5O4S2.C27H30N4O4S2/c1-5-34(4)29-32-24-12-11-22(14-27(24)40-29)28(37)35(16-20(2)3)17-26(36)25(13-21-9-7-6-8-10-21)33-30(38)39-18-23-15-31-19-41-23;1-17(2)13-32(25(34)19-8-9-21-24(11-19)38-26(28)30-21)14-23(33)22(10-18-6-4-3-5-7-18)31-27(35)36-15-20-12-29-16-37-20;1-18(2)13-31(26(33)20-8-9-22-25(11-20)37-17-29-22)14-24(32)23(10-19-6-4-3-5-7-19)30-27(34)35-15-21-12-28-16-36-21/h6-12,14-15,19-20,25-26,36H,5,13,16-18H2,1-4H3,(H,33,38);3-9,11-12,16-17,22-23,33H,10,13-15H2,1-2H3,(H2,28,30)(H,31,35);3-9,11-12,16-18,23-24,32H,10,13-15H2,1-2H3,(H,30,34)/t25-,26+;22-,23+;23-,24+/m000/s1. The summed E-state index contributed by atoms with van der Waals surface area (Å²) in [6, 6.07) is 43.1. The molecule has 0 saturated carbocycles. The SMILES string of the molecule is CC(C)CN(C[C@@H](O)[C@H](Cc1ccccc1)NC(=O)OCc1cncs1)C(=O)c1ccc2nc(N)sc2c1.CC(C)CN(C[C@@H](O)[C@H](Cc1ccccc1)NC(=O)OCc1cncs1)C(=O)c1ccc2ncsc2c1.CCN(C)c1nc2ccc(C(=O)N(CC(C)C)C[C@@H](O)[C@H](Cc3ccccc3)NC(=O)OCc3cncs3)cc2o1. The molecule has 6 amide bonds. The third-order valence-electron chi connectivity index (χ3n) is 18.2. The first kappa shape index (κ1) is 87.5. The van der Waals surface area contributed by atoms with E-state index in [0.717, 1.165) is 58.3 Å². The quantitative estimate of drug-likeness (QED) is 0.0181. The summed E-state index contributed by atoms with van der Waals surface area (Å²) in [6.07, 6.45) is 0.983. The third-order valence-corrected chi connectivity index (χ3v) is 22.1. The average Bonchev–Trinajstić information content (AvgIpc) is 1.63. The van der Waals surface area contributed by atoms with Crippen LogP contribution in [-0.4, -0.2) is 185 Å². The second-order valence-corrected chi connectivity index (χ2v) is 33.8. The van der Waals surface area contributed by atoms with Gasteiger partial charge >= 0.3 is 18.3 Å². The number of aliphatic hydroxyl groups excluding tert-OH is 3. The summed E-state index contributed by atoms with van der Waals surface area (Å²) in [5, 5.41) is 42.9. The van der Waals surface area contributed by atoms with Gasteiger partial charge in [0.05, 0.1) is 93.5 Å². The van der Waals surface area contributed by atoms with E-state index < -0.39 is 54.7 Å². The number of thiazole rings is 5. The van der Waals surface area contributed by atoms with Crippen LogP contribution in [-0.2, 0) is 53.3 Å². The lowest BCUT2D eigenvalue weighted by Crippen LogP contribution is -2.51. The molecule has 6 atom stereocenters. The molecule has 0 fully saturated rings. The molecule has 0 aliphatic carbocycles. The number of rotatable bonds is 35. The van der Waals surface area contributed by atoms with Crippen molar-refractivity contribution in [3.8, 4) is 0 Å². The molecule has 0 aliphatic rings. The predicted molar refractivity (Wildman–Crippen MR) is 455 cm³/mol. The van der Waals surface area contributed by atoms with Crippen molar-refractivity contribution >= 4 is 135 Å². The number of nitrogens with one attached hydrogen (secondary N) is 3. The fourth-order valence-electron chi connectivity index (χ4n) is 12.4. The van der Waals surface area contributed by atoms with Gasteiger partial charge in [0.2, 0.25) is 0 Å². The van der Waals surface area contributed by atoms with Gasteiger partial charge in [0.15, 0.2) is 10.7 Å². The Balaban J connectivity index is 0.000000184. The highest BCUT2D eigenvalue weighted by molar-refractivity contribution is 7.22. The van der Waals surface area contributed by atoms with E-state index in [9.17, 15) is 44.1 Å². The summed E-state index contributed by atoms with van der Waals surface area (Å²) in [7, 11) is 1.89. The van der Waals surface area contributed by atoms with Crippen LogP contribution >= 0.6 is 56.7 Å². The highest BCUT2D eigenvalue weighted by Crippen LogP contribution is 2.28. The molecule has 6 heterocycles. The van der Waals surface area contributed by atoms with Crippen LogP contribution in [0.25, 0.3) is 31.5 Å². The summed E-state index contributed by atoms with van der Waals surface area (Å²) >= 11 is 6.98. The lowest BCUT2D eigenvalue weighted by molar-refractivity contribution is 0.0490. The Kier molecular flexibility index (Phi) is 33.0. The van der Waals surface area contributed by atoms with Crippen LogP contribution in [0.4, 0.5) is 25.5 Å². The third kappa shape index (κ3) is 26.9. The van der Waals surface area contributed by atoms with E-state index in [-0.39, 0.29) is 74.9 Å². The van der Waals surface area contributed by atoms with Gasteiger partial charge in [0.1, 0.15) is 25.3 Å². The van der Waals surface area contributed by atoms with Crippen LogP contribution in [0.3, 0.4) is 0 Å². The fourth-order valence-corrected chi connectivity index (χ4v) is 15.4. The van der Waals surface area contributed by atoms with Gasteiger partial charge in [-0.25, -0.2) is 24.4 Å². The second kappa shape index (κ2) is 43.8. The Hall–Kier alpha value is -10.8. The Morgan fingerprint density at radius 1 is 0.457 bits per heavy atom. The van der Waals surface area contributed by atoms with E-state index in [2.05, 4.69) is 45.9 Å². The summed E-state index contributed by atoms with van der Waals surface area (Å²) in [6.45, 7) is 16.5. The number of aromatic nitrogens is 6. The molecule has 0 saturated heterocycles. The number of hydrogen-bond donors (Lipinski definition) is 7. The van der Waals surface area contributed by atoms with Crippen LogP contribution in [0.15, 0.2) is 191 Å². The van der Waals surface area contributed by atoms with Gasteiger partial charge in [-0.05, 0) is 115 Å². The molecule has 8 N–H and O–H groups in total. The number of hydrogen-bond acceptors (Lipinski definition) is 26. The molecular weight excluding hydrogens is 1570 g/mol. The number of benzene rings is 6. The molecule has 0 radical (unpaired) electrons. The summed E-state index contributed by atoms with van der Waals surface area (Å²) in [5.41, 5.74) is 19.6. The average molecular weight is 1670 g/mol. The van der Waals surface area contributed by atoms with E-state index >= 15 is 0 Å². The van der Waals surface area contributed by atoms with Crippen LogP contribution in [0, 0.1) is 17.8 Å². The van der Waals surface area contributed by atoms with Crippen molar-refractivity contribution in [2.45, 2.75) is 124 Å². The normalized spacial score (nSPS) is 12.8. The van der Waals surface area contributed by atoms with Crippen molar-refractivity contribution in [2.24, 2.45) is 17.8 Å². The number of carbonyl (C=O) groups excluding carboxylic acids is 6. The van der Waals surface area contributed by atoms with E-state index in [0.29, 0.717) is 77.8 Å². The van der Waals surface area contributed by atoms with Crippen molar-refractivity contribution in [2.75, 3.05) is 63.5 Å². The first-order chi connectivity index (χ1) is 55.9. The summed E-state index contributed by atoms with van der Waals surface area (Å²) < 4.78 is 23.7. The van der Waals surface area contributed by atoms with Gasteiger partial charge in [-0.1, -0.05) is 144 Å². The minimum atomic E-state index is -1.06. The number of ether oxygens (including phenoxy) is 3. The molecule has 32 heteroatoms. The molecule has 612 valence electrons. The number of anilines is 2. The molecule has 0 spiro atoms. The molecule has 0 unspecified atom stereocenters. The number of nitrogens with zero attached hydrogens (tertiary/aromatic N) is 10. The maximum atomic E-state index is 13.7. The van der Waals surface area contributed by atoms with Crippen molar-refractivity contribution in [1.29, 1.82) is 0 Å². The molecule has 116 heavy (non-hydrogen) atoms. The smallest absolute Gasteiger partial charge is 0.407 e. The van der Waals surface area contributed by atoms with E-state index in [4.69, 9.17) is 24.4 Å². The molecule has 6 aromatic carbocycles. The monoisotopic (exact) mass is 1670 g/mol. The van der Waals surface area contributed by atoms with E-state index in [1.165, 1.54) is 56.7 Å². The zero-order valence-corrected chi connectivity index (χ0v) is 69.9. The Morgan fingerprint density at radius 2 is 0.828 bits per heavy atom. The summed E-state index contributed by atoms with van der Waals surface area (Å²) in [4.78, 5) is 113. The van der Waals surface area contributed by atoms with Gasteiger partial charge in [0.25, 0.3) is 23.7 Å². The van der Waals surface area contributed by atoms with Crippen LogP contribution in [0.1, 0.15) is 111 Å². The van der Waals surface area contributed by atoms with Gasteiger partial charge in [-0.2, -0.15) is 4.98 Å². The fraction of sp³-hybridized carbons (Fsp3) is 0.357. The van der Waals surface area contributed by atoms with Crippen molar-refractivity contribution in [3.05, 3.63) is 234 Å². The van der Waals surface area contributed by atoms with Crippen LogP contribution < -0.4 is 26.6 Å². The topological polar surface area (TPSA) is 356 Å². The van der Waals surface area contributed by atoms with Crippen molar-refractivity contribution in [3.63, 3.8) is 0 Å². The molecule has 12 aromatic rings. The maximum Gasteiger partial charge on any atom is 0.407 e. The predicted octanol–water partition coefficient (Wildman–Crippen LogP) is 13.8. The van der Waals surface area contributed by atoms with E-state index in [1.807, 2.05) is 164 Å². The number of nitrogens with two attached hydrogens (primary N) is 1. The first-order valence-electron chi connectivity index (χ1n) is 38.0. The van der Waals surface area contributed by atoms with Gasteiger partial charge < -0.3 is 75.2 Å². The number of carbonyl (C=O) groups is 6. The molecular formula is C84H98N14O13S5.